The molecular weight excluding hydrogens is 259 g/mol. The van der Waals surface area contributed by atoms with E-state index < -0.39 is 29.6 Å². The first-order chi connectivity index (χ1) is 7.83. The predicted molar refractivity (Wildman–Crippen MR) is 52.4 cm³/mol. The number of nitrogens with one attached hydrogen (secondary N) is 1. The Bertz CT molecular complexity index is 336. The van der Waals surface area contributed by atoms with Gasteiger partial charge in [-0.15, -0.1) is 0 Å². The number of hydrogen-bond acceptors (Lipinski definition) is 5. The summed E-state index contributed by atoms with van der Waals surface area (Å²) in [6.07, 6.45) is -7.05. The van der Waals surface area contributed by atoms with Crippen LogP contribution in [0.4, 0.5) is 18.0 Å². The summed E-state index contributed by atoms with van der Waals surface area (Å²) in [4.78, 5) is 22.1. The fourth-order valence-electron chi connectivity index (χ4n) is 0.837. The number of halogens is 3. The van der Waals surface area contributed by atoms with Gasteiger partial charge < -0.3 is 14.6 Å². The summed E-state index contributed by atoms with van der Waals surface area (Å²) in [7, 11) is 0.635. The second-order valence-corrected chi connectivity index (χ2v) is 4.33. The maximum Gasteiger partial charge on any atom is 0.448 e. The number of alkyl carbamates (subject to hydrolysis) is 1. The molecular formula is C9H14F3NO5. The van der Waals surface area contributed by atoms with Crippen molar-refractivity contribution in [1.29, 1.82) is 0 Å². The SMILES string of the molecule is COC(=O)[C@@](O)(NC(=O)OC(C)(C)C)C(F)(F)F. The molecule has 1 atom stereocenters. The monoisotopic (exact) mass is 273 g/mol. The normalized spacial score (nSPS) is 15.6. The summed E-state index contributed by atoms with van der Waals surface area (Å²) in [5.74, 6) is -2.07. The van der Waals surface area contributed by atoms with Crippen LogP contribution in [0.3, 0.4) is 0 Å². The molecule has 0 aromatic carbocycles. The fraction of sp³-hybridized carbons (Fsp3) is 0.778. The molecule has 0 aliphatic rings. The molecule has 0 bridgehead atoms. The highest BCUT2D eigenvalue weighted by atomic mass is 19.4. The van der Waals surface area contributed by atoms with Gasteiger partial charge in [0.2, 0.25) is 0 Å². The number of carbonyl (C=O) groups is 2. The number of amides is 1. The average Bonchev–Trinajstić information content (AvgIpc) is 2.11. The van der Waals surface area contributed by atoms with E-state index in [1.807, 2.05) is 0 Å². The lowest BCUT2D eigenvalue weighted by atomic mass is 10.2. The summed E-state index contributed by atoms with van der Waals surface area (Å²) >= 11 is 0. The van der Waals surface area contributed by atoms with Crippen LogP contribution in [0.1, 0.15) is 20.8 Å². The molecule has 0 aliphatic carbocycles. The molecule has 0 aromatic heterocycles. The fourth-order valence-corrected chi connectivity index (χ4v) is 0.837. The first kappa shape index (κ1) is 16.5. The smallest absolute Gasteiger partial charge is 0.448 e. The van der Waals surface area contributed by atoms with E-state index in [1.165, 1.54) is 20.8 Å². The van der Waals surface area contributed by atoms with Gasteiger partial charge in [0.25, 0.3) is 0 Å². The van der Waals surface area contributed by atoms with E-state index >= 15 is 0 Å². The highest BCUT2D eigenvalue weighted by Gasteiger charge is 2.62. The Morgan fingerprint density at radius 3 is 1.89 bits per heavy atom. The molecule has 0 radical (unpaired) electrons. The molecule has 1 amide bonds. The largest absolute Gasteiger partial charge is 0.465 e. The Morgan fingerprint density at radius 2 is 1.61 bits per heavy atom. The van der Waals surface area contributed by atoms with Crippen molar-refractivity contribution in [1.82, 2.24) is 5.32 Å². The van der Waals surface area contributed by atoms with E-state index in [0.717, 1.165) is 5.32 Å². The number of ether oxygens (including phenoxy) is 2. The Balaban J connectivity index is 5.06. The van der Waals surface area contributed by atoms with Crippen LogP contribution in [0.15, 0.2) is 0 Å². The van der Waals surface area contributed by atoms with Crippen LogP contribution < -0.4 is 5.32 Å². The van der Waals surface area contributed by atoms with Crippen LogP contribution >= 0.6 is 0 Å². The van der Waals surface area contributed by atoms with Crippen LogP contribution in [0, 0.1) is 0 Å². The summed E-state index contributed by atoms with van der Waals surface area (Å²) < 4.78 is 45.8. The molecule has 0 heterocycles. The molecule has 0 saturated heterocycles. The molecule has 0 spiro atoms. The topological polar surface area (TPSA) is 84.9 Å². The van der Waals surface area contributed by atoms with Gasteiger partial charge in [-0.25, -0.2) is 9.59 Å². The van der Waals surface area contributed by atoms with Crippen molar-refractivity contribution in [2.75, 3.05) is 7.11 Å². The van der Waals surface area contributed by atoms with Crippen LogP contribution in [-0.4, -0.2) is 41.8 Å². The Hall–Kier alpha value is -1.51. The van der Waals surface area contributed by atoms with Crippen molar-refractivity contribution < 1.29 is 37.3 Å². The van der Waals surface area contributed by atoms with Gasteiger partial charge in [0, 0.05) is 0 Å². The van der Waals surface area contributed by atoms with Gasteiger partial charge in [-0.3, -0.25) is 5.32 Å². The van der Waals surface area contributed by atoms with E-state index in [4.69, 9.17) is 0 Å². The number of aliphatic hydroxyl groups is 1. The molecule has 9 heteroatoms. The minimum atomic E-state index is -5.45. The highest BCUT2D eigenvalue weighted by molar-refractivity contribution is 5.84. The molecule has 106 valence electrons. The van der Waals surface area contributed by atoms with Crippen molar-refractivity contribution in [3.63, 3.8) is 0 Å². The number of alkyl halides is 3. The molecule has 0 rings (SSSR count). The number of rotatable bonds is 2. The van der Waals surface area contributed by atoms with Gasteiger partial charge >= 0.3 is 24.0 Å². The summed E-state index contributed by atoms with van der Waals surface area (Å²) in [5.41, 5.74) is -5.24. The van der Waals surface area contributed by atoms with Gasteiger partial charge in [0.15, 0.2) is 0 Å². The third-order valence-corrected chi connectivity index (χ3v) is 1.57. The van der Waals surface area contributed by atoms with Gasteiger partial charge in [-0.05, 0) is 20.8 Å². The van der Waals surface area contributed by atoms with Gasteiger partial charge in [-0.1, -0.05) is 0 Å². The van der Waals surface area contributed by atoms with Crippen molar-refractivity contribution >= 4 is 12.1 Å². The third-order valence-electron chi connectivity index (χ3n) is 1.57. The zero-order valence-corrected chi connectivity index (χ0v) is 10.2. The lowest BCUT2D eigenvalue weighted by Crippen LogP contribution is -2.65. The number of methoxy groups -OCH3 is 1. The molecule has 6 nitrogen and oxygen atoms in total. The number of hydrogen-bond donors (Lipinski definition) is 2. The van der Waals surface area contributed by atoms with Gasteiger partial charge in [0.1, 0.15) is 5.60 Å². The standard InChI is InChI=1S/C9H14F3NO5/c1-7(2,3)18-6(15)13-8(16,5(14)17-4)9(10,11)12/h16H,1-4H3,(H,13,15)/t8-/m0/s1. The first-order valence-corrected chi connectivity index (χ1v) is 4.72. The van der Waals surface area contributed by atoms with Crippen LogP contribution in [0.25, 0.3) is 0 Å². The van der Waals surface area contributed by atoms with E-state index in [1.54, 1.807) is 0 Å². The van der Waals surface area contributed by atoms with E-state index in [2.05, 4.69) is 9.47 Å². The number of carbonyl (C=O) groups excluding carboxylic acids is 2. The molecule has 0 unspecified atom stereocenters. The third kappa shape index (κ3) is 4.06. The van der Waals surface area contributed by atoms with Crippen LogP contribution in [0.5, 0.6) is 0 Å². The summed E-state index contributed by atoms with van der Waals surface area (Å²) in [5, 5.41) is 10.2. The van der Waals surface area contributed by atoms with Gasteiger partial charge in [-0.2, -0.15) is 13.2 Å². The molecule has 0 aromatic rings. The van der Waals surface area contributed by atoms with Crippen molar-refractivity contribution in [2.45, 2.75) is 38.3 Å². The lowest BCUT2D eigenvalue weighted by molar-refractivity contribution is -0.269. The van der Waals surface area contributed by atoms with Crippen molar-refractivity contribution in [3.05, 3.63) is 0 Å². The second-order valence-electron chi connectivity index (χ2n) is 4.33. The summed E-state index contributed by atoms with van der Waals surface area (Å²) in [6, 6.07) is 0. The van der Waals surface area contributed by atoms with Crippen molar-refractivity contribution in [3.8, 4) is 0 Å². The zero-order valence-electron chi connectivity index (χ0n) is 10.2. The highest BCUT2D eigenvalue weighted by Crippen LogP contribution is 2.29. The predicted octanol–water partition coefficient (Wildman–Crippen LogP) is 0.935. The van der Waals surface area contributed by atoms with Crippen LogP contribution in [0.2, 0.25) is 0 Å². The van der Waals surface area contributed by atoms with Crippen LogP contribution in [-0.2, 0) is 14.3 Å². The molecule has 2 N–H and O–H groups in total. The molecule has 0 saturated carbocycles. The van der Waals surface area contributed by atoms with E-state index in [0.29, 0.717) is 7.11 Å². The lowest BCUT2D eigenvalue weighted by Gasteiger charge is -2.29. The Kier molecular flexibility index (Phi) is 4.59. The average molecular weight is 273 g/mol. The second kappa shape index (κ2) is 5.01. The molecule has 0 fully saturated rings. The van der Waals surface area contributed by atoms with E-state index in [-0.39, 0.29) is 0 Å². The zero-order chi connectivity index (χ0) is 14.8. The maximum atomic E-state index is 12.5. The number of esters is 1. The van der Waals surface area contributed by atoms with E-state index in [9.17, 15) is 27.9 Å². The molecule has 18 heavy (non-hydrogen) atoms. The minimum Gasteiger partial charge on any atom is -0.465 e. The Morgan fingerprint density at radius 1 is 1.17 bits per heavy atom. The first-order valence-electron chi connectivity index (χ1n) is 4.72. The summed E-state index contributed by atoms with van der Waals surface area (Å²) in [6.45, 7) is 4.20. The quantitative estimate of drug-likeness (QED) is 0.577. The maximum absolute atomic E-state index is 12.5. The minimum absolute atomic E-state index is 0.635. The Labute approximate surface area is 101 Å². The van der Waals surface area contributed by atoms with Gasteiger partial charge in [0.05, 0.1) is 7.11 Å². The molecule has 0 aliphatic heterocycles. The van der Waals surface area contributed by atoms with Crippen molar-refractivity contribution in [2.24, 2.45) is 0 Å².